The fraction of sp³-hybridized carbons (Fsp3) is 0.133. The van der Waals surface area contributed by atoms with Gasteiger partial charge in [0.2, 0.25) is 0 Å². The first-order chi connectivity index (χ1) is 10.5. The number of amides is 1. The lowest BCUT2D eigenvalue weighted by molar-refractivity contribution is -0.118. The number of hydrogen-bond acceptors (Lipinski definition) is 3. The van der Waals surface area contributed by atoms with Crippen LogP contribution in [0.2, 0.25) is 0 Å². The first-order valence-corrected chi connectivity index (χ1v) is 6.21. The average Bonchev–Trinajstić information content (AvgIpc) is 2.54. The van der Waals surface area contributed by atoms with Gasteiger partial charge in [-0.05, 0) is 36.4 Å². The third-order valence-corrected chi connectivity index (χ3v) is 2.74. The van der Waals surface area contributed by atoms with Crippen LogP contribution in [0, 0.1) is 17.5 Å². The van der Waals surface area contributed by atoms with Crippen molar-refractivity contribution in [3.8, 4) is 11.5 Å². The molecule has 2 rings (SSSR count). The molecule has 0 aliphatic rings. The van der Waals surface area contributed by atoms with E-state index in [-0.39, 0.29) is 0 Å². The Hall–Kier alpha value is -2.70. The van der Waals surface area contributed by atoms with E-state index in [1.807, 2.05) is 0 Å². The first kappa shape index (κ1) is 15.7. The Morgan fingerprint density at radius 2 is 1.64 bits per heavy atom. The Bertz CT molecular complexity index is 674. The molecule has 0 saturated carbocycles. The maximum atomic E-state index is 13.4. The minimum atomic E-state index is -1.64. The van der Waals surface area contributed by atoms with Gasteiger partial charge in [-0.2, -0.15) is 0 Å². The van der Waals surface area contributed by atoms with Crippen molar-refractivity contribution in [3.63, 3.8) is 0 Å². The third kappa shape index (κ3) is 3.69. The minimum absolute atomic E-state index is 0.404. The van der Waals surface area contributed by atoms with Crippen molar-refractivity contribution in [2.24, 2.45) is 0 Å². The average molecular weight is 311 g/mol. The van der Waals surface area contributed by atoms with Crippen molar-refractivity contribution in [2.75, 3.05) is 19.0 Å². The van der Waals surface area contributed by atoms with Crippen LogP contribution in [-0.4, -0.2) is 19.6 Å². The number of ether oxygens (including phenoxy) is 2. The highest BCUT2D eigenvalue weighted by Gasteiger charge is 2.15. The van der Waals surface area contributed by atoms with Crippen LogP contribution >= 0.6 is 0 Å². The summed E-state index contributed by atoms with van der Waals surface area (Å²) in [5.41, 5.74) is -0.456. The predicted molar refractivity (Wildman–Crippen MR) is 73.4 cm³/mol. The molecule has 1 amide bonds. The van der Waals surface area contributed by atoms with Crippen LogP contribution in [0.5, 0.6) is 11.5 Å². The van der Waals surface area contributed by atoms with Crippen LogP contribution in [-0.2, 0) is 4.79 Å². The molecule has 0 aliphatic heterocycles. The SMILES string of the molecule is COc1ccc(OCC(=O)Nc2ccc(F)c(F)c2F)cc1. The summed E-state index contributed by atoms with van der Waals surface area (Å²) >= 11 is 0. The van der Waals surface area contributed by atoms with E-state index in [0.717, 1.165) is 12.1 Å². The maximum Gasteiger partial charge on any atom is 0.262 e. The molecule has 0 spiro atoms. The largest absolute Gasteiger partial charge is 0.497 e. The minimum Gasteiger partial charge on any atom is -0.497 e. The number of nitrogens with one attached hydrogen (secondary N) is 1. The monoisotopic (exact) mass is 311 g/mol. The Morgan fingerprint density at radius 3 is 2.27 bits per heavy atom. The number of anilines is 1. The van der Waals surface area contributed by atoms with Crippen LogP contribution < -0.4 is 14.8 Å². The topological polar surface area (TPSA) is 47.6 Å². The van der Waals surface area contributed by atoms with Gasteiger partial charge in [0, 0.05) is 0 Å². The van der Waals surface area contributed by atoms with E-state index >= 15 is 0 Å². The van der Waals surface area contributed by atoms with E-state index in [2.05, 4.69) is 5.32 Å². The molecule has 0 fully saturated rings. The van der Waals surface area contributed by atoms with E-state index in [1.165, 1.54) is 7.11 Å². The summed E-state index contributed by atoms with van der Waals surface area (Å²) in [4.78, 5) is 11.6. The molecular formula is C15H12F3NO3. The molecular weight excluding hydrogens is 299 g/mol. The zero-order valence-corrected chi connectivity index (χ0v) is 11.5. The normalized spacial score (nSPS) is 10.2. The maximum absolute atomic E-state index is 13.4. The highest BCUT2D eigenvalue weighted by atomic mass is 19.2. The molecule has 1 N–H and O–H groups in total. The summed E-state index contributed by atoms with van der Waals surface area (Å²) < 4.78 is 49.3. The molecule has 2 aromatic rings. The molecule has 4 nitrogen and oxygen atoms in total. The lowest BCUT2D eigenvalue weighted by Gasteiger charge is -2.09. The summed E-state index contributed by atoms with van der Waals surface area (Å²) in [6, 6.07) is 8.11. The molecule has 0 aliphatic carbocycles. The van der Waals surface area contributed by atoms with Crippen molar-refractivity contribution in [3.05, 3.63) is 53.8 Å². The van der Waals surface area contributed by atoms with Gasteiger partial charge in [-0.15, -0.1) is 0 Å². The Labute approximate surface area is 124 Å². The predicted octanol–water partition coefficient (Wildman–Crippen LogP) is 3.13. The van der Waals surface area contributed by atoms with Crippen LogP contribution in [0.3, 0.4) is 0 Å². The van der Waals surface area contributed by atoms with E-state index in [1.54, 1.807) is 24.3 Å². The van der Waals surface area contributed by atoms with Crippen molar-refractivity contribution in [1.29, 1.82) is 0 Å². The van der Waals surface area contributed by atoms with Gasteiger partial charge in [0.1, 0.15) is 11.5 Å². The summed E-state index contributed by atoms with van der Waals surface area (Å²) in [6.07, 6.45) is 0. The fourth-order valence-electron chi connectivity index (χ4n) is 1.63. The van der Waals surface area contributed by atoms with E-state index in [9.17, 15) is 18.0 Å². The van der Waals surface area contributed by atoms with Gasteiger partial charge in [-0.1, -0.05) is 0 Å². The van der Waals surface area contributed by atoms with Gasteiger partial charge in [-0.3, -0.25) is 4.79 Å². The molecule has 0 radical (unpaired) electrons. The first-order valence-electron chi connectivity index (χ1n) is 6.21. The molecule has 0 saturated heterocycles. The van der Waals surface area contributed by atoms with Crippen LogP contribution in [0.15, 0.2) is 36.4 Å². The molecule has 0 heterocycles. The molecule has 116 valence electrons. The lowest BCUT2D eigenvalue weighted by atomic mass is 10.3. The van der Waals surface area contributed by atoms with E-state index in [4.69, 9.17) is 9.47 Å². The smallest absolute Gasteiger partial charge is 0.262 e. The van der Waals surface area contributed by atoms with Gasteiger partial charge >= 0.3 is 0 Å². The zero-order valence-electron chi connectivity index (χ0n) is 11.5. The zero-order chi connectivity index (χ0) is 16.1. The Kier molecular flexibility index (Phi) is 4.88. The van der Waals surface area contributed by atoms with Crippen LogP contribution in [0.1, 0.15) is 0 Å². The number of rotatable bonds is 5. The fourth-order valence-corrected chi connectivity index (χ4v) is 1.63. The number of hydrogen-bond donors (Lipinski definition) is 1. The molecule has 2 aromatic carbocycles. The van der Waals surface area contributed by atoms with Crippen LogP contribution in [0.4, 0.5) is 18.9 Å². The molecule has 0 atom stereocenters. The lowest BCUT2D eigenvalue weighted by Crippen LogP contribution is -2.21. The van der Waals surface area contributed by atoms with Crippen molar-refractivity contribution >= 4 is 11.6 Å². The number of carbonyl (C=O) groups excluding carboxylic acids is 1. The second kappa shape index (κ2) is 6.84. The highest BCUT2D eigenvalue weighted by Crippen LogP contribution is 2.20. The van der Waals surface area contributed by atoms with Crippen molar-refractivity contribution in [2.45, 2.75) is 0 Å². The molecule has 7 heteroatoms. The summed E-state index contributed by atoms with van der Waals surface area (Å²) in [7, 11) is 1.51. The number of benzene rings is 2. The summed E-state index contributed by atoms with van der Waals surface area (Å²) in [5.74, 6) is -4.11. The quantitative estimate of drug-likeness (QED) is 0.863. The number of carbonyl (C=O) groups is 1. The van der Waals surface area contributed by atoms with Gasteiger partial charge < -0.3 is 14.8 Å². The van der Waals surface area contributed by atoms with Gasteiger partial charge in [-0.25, -0.2) is 13.2 Å². The van der Waals surface area contributed by atoms with E-state index < -0.39 is 35.7 Å². The highest BCUT2D eigenvalue weighted by molar-refractivity contribution is 5.92. The Morgan fingerprint density at radius 1 is 1.00 bits per heavy atom. The van der Waals surface area contributed by atoms with Crippen molar-refractivity contribution < 1.29 is 27.4 Å². The van der Waals surface area contributed by atoms with Crippen LogP contribution in [0.25, 0.3) is 0 Å². The van der Waals surface area contributed by atoms with Crippen molar-refractivity contribution in [1.82, 2.24) is 0 Å². The van der Waals surface area contributed by atoms with Gasteiger partial charge in [0.25, 0.3) is 5.91 Å². The number of methoxy groups -OCH3 is 1. The molecule has 22 heavy (non-hydrogen) atoms. The summed E-state index contributed by atoms with van der Waals surface area (Å²) in [5, 5.41) is 2.10. The standard InChI is InChI=1S/C15H12F3NO3/c1-21-9-2-4-10(5-3-9)22-8-13(20)19-12-7-6-11(16)14(17)15(12)18/h2-7H,8H2,1H3,(H,19,20). The second-order valence-electron chi connectivity index (χ2n) is 4.24. The van der Waals surface area contributed by atoms with E-state index in [0.29, 0.717) is 11.5 Å². The molecule has 0 unspecified atom stereocenters. The third-order valence-electron chi connectivity index (χ3n) is 2.74. The summed E-state index contributed by atoms with van der Waals surface area (Å²) in [6.45, 7) is -0.412. The van der Waals surface area contributed by atoms with Gasteiger partial charge in [0.05, 0.1) is 12.8 Å². The molecule has 0 aromatic heterocycles. The second-order valence-corrected chi connectivity index (χ2v) is 4.24. The molecule has 0 bridgehead atoms. The Balaban J connectivity index is 1.94. The van der Waals surface area contributed by atoms with Gasteiger partial charge in [0.15, 0.2) is 24.1 Å². The number of halogens is 3.